The van der Waals surface area contributed by atoms with Crippen LogP contribution in [0.25, 0.3) is 0 Å². The smallest absolute Gasteiger partial charge is 0.393 e. The molecular weight excluding hydrogens is 221 g/mol. The SMILES string of the molecule is CC(O)C1CCN(CC(C#N)C(F)(F)F)C1. The van der Waals surface area contributed by atoms with Crippen LogP contribution in [0.5, 0.6) is 0 Å². The molecule has 3 nitrogen and oxygen atoms in total. The number of alkyl halides is 3. The summed E-state index contributed by atoms with van der Waals surface area (Å²) in [5.74, 6) is -1.91. The Morgan fingerprint density at radius 2 is 2.19 bits per heavy atom. The van der Waals surface area contributed by atoms with E-state index in [1.54, 1.807) is 11.8 Å². The highest BCUT2D eigenvalue weighted by molar-refractivity contribution is 4.92. The fourth-order valence-corrected chi connectivity index (χ4v) is 1.90. The standard InChI is InChI=1S/C10H15F3N2O/c1-7(16)8-2-3-15(5-8)6-9(4-14)10(11,12)13/h7-9,16H,2-3,5-6H2,1H3. The number of likely N-dealkylation sites (tertiary alicyclic amines) is 1. The molecule has 1 aliphatic rings. The second-order valence-corrected chi connectivity index (χ2v) is 4.27. The van der Waals surface area contributed by atoms with E-state index in [1.807, 2.05) is 0 Å². The van der Waals surface area contributed by atoms with Crippen LogP contribution < -0.4 is 0 Å². The molecule has 0 aromatic rings. The van der Waals surface area contributed by atoms with Crippen molar-refractivity contribution in [1.82, 2.24) is 4.90 Å². The Kier molecular flexibility index (Phi) is 4.16. The lowest BCUT2D eigenvalue weighted by atomic mass is 10.0. The van der Waals surface area contributed by atoms with Crippen molar-refractivity contribution in [3.8, 4) is 6.07 Å². The predicted octanol–water partition coefficient (Wildman–Crippen LogP) is 1.39. The van der Waals surface area contributed by atoms with Gasteiger partial charge in [-0.05, 0) is 25.8 Å². The maximum absolute atomic E-state index is 12.3. The molecule has 6 heteroatoms. The summed E-state index contributed by atoms with van der Waals surface area (Å²) in [4.78, 5) is 1.60. The minimum Gasteiger partial charge on any atom is -0.393 e. The minimum absolute atomic E-state index is 0.0209. The molecule has 0 bridgehead atoms. The average Bonchev–Trinajstić information content (AvgIpc) is 2.60. The summed E-state index contributed by atoms with van der Waals surface area (Å²) in [6.45, 7) is 2.30. The first-order valence-electron chi connectivity index (χ1n) is 5.21. The third kappa shape index (κ3) is 3.35. The van der Waals surface area contributed by atoms with E-state index in [2.05, 4.69) is 0 Å². The first kappa shape index (κ1) is 13.3. The molecule has 1 rings (SSSR count). The third-order valence-corrected chi connectivity index (χ3v) is 2.98. The second kappa shape index (κ2) is 5.02. The van der Waals surface area contributed by atoms with Gasteiger partial charge in [0.2, 0.25) is 0 Å². The van der Waals surface area contributed by atoms with Gasteiger partial charge in [0.15, 0.2) is 5.92 Å². The lowest BCUT2D eigenvalue weighted by molar-refractivity contribution is -0.162. The van der Waals surface area contributed by atoms with Crippen LogP contribution in [0, 0.1) is 23.2 Å². The number of aliphatic hydroxyl groups excluding tert-OH is 1. The molecule has 0 amide bonds. The van der Waals surface area contributed by atoms with Crippen molar-refractivity contribution in [2.45, 2.75) is 25.6 Å². The fourth-order valence-electron chi connectivity index (χ4n) is 1.90. The van der Waals surface area contributed by atoms with E-state index in [1.165, 1.54) is 6.07 Å². The summed E-state index contributed by atoms with van der Waals surface area (Å²) in [5.41, 5.74) is 0. The maximum atomic E-state index is 12.3. The molecule has 0 aromatic heterocycles. The highest BCUT2D eigenvalue weighted by atomic mass is 19.4. The molecule has 0 spiro atoms. The zero-order valence-electron chi connectivity index (χ0n) is 9.04. The topological polar surface area (TPSA) is 47.3 Å². The van der Waals surface area contributed by atoms with Crippen LogP contribution in [-0.4, -0.2) is 41.9 Å². The molecule has 1 fully saturated rings. The van der Waals surface area contributed by atoms with Crippen LogP contribution in [-0.2, 0) is 0 Å². The molecular formula is C10H15F3N2O. The van der Waals surface area contributed by atoms with Crippen LogP contribution in [0.2, 0.25) is 0 Å². The zero-order valence-corrected chi connectivity index (χ0v) is 9.04. The largest absolute Gasteiger partial charge is 0.405 e. The molecule has 1 aliphatic heterocycles. The molecule has 1 heterocycles. The van der Waals surface area contributed by atoms with Crippen LogP contribution in [0.3, 0.4) is 0 Å². The Bertz CT molecular complexity index is 272. The molecule has 92 valence electrons. The summed E-state index contributed by atoms with van der Waals surface area (Å²) in [7, 11) is 0. The van der Waals surface area contributed by atoms with E-state index in [9.17, 15) is 18.3 Å². The monoisotopic (exact) mass is 236 g/mol. The van der Waals surface area contributed by atoms with Gasteiger partial charge in [0.1, 0.15) is 0 Å². The van der Waals surface area contributed by atoms with Gasteiger partial charge in [0.25, 0.3) is 0 Å². The zero-order chi connectivity index (χ0) is 12.3. The van der Waals surface area contributed by atoms with Gasteiger partial charge in [-0.3, -0.25) is 0 Å². The summed E-state index contributed by atoms with van der Waals surface area (Å²) in [6.07, 6.45) is -4.28. The van der Waals surface area contributed by atoms with Crippen molar-refractivity contribution in [2.24, 2.45) is 11.8 Å². The summed E-state index contributed by atoms with van der Waals surface area (Å²) in [6, 6.07) is 1.28. The lowest BCUT2D eigenvalue weighted by Gasteiger charge is -2.21. The first-order valence-corrected chi connectivity index (χ1v) is 5.21. The van der Waals surface area contributed by atoms with Crippen LogP contribution in [0.15, 0.2) is 0 Å². The van der Waals surface area contributed by atoms with Crippen molar-refractivity contribution in [3.05, 3.63) is 0 Å². The summed E-state index contributed by atoms with van der Waals surface area (Å²) >= 11 is 0. The predicted molar refractivity (Wildman–Crippen MR) is 51.4 cm³/mol. The molecule has 0 aromatic carbocycles. The van der Waals surface area contributed by atoms with Gasteiger partial charge in [-0.15, -0.1) is 0 Å². The quantitative estimate of drug-likeness (QED) is 0.805. The molecule has 3 unspecified atom stereocenters. The highest BCUT2D eigenvalue weighted by Gasteiger charge is 2.42. The molecule has 3 atom stereocenters. The van der Waals surface area contributed by atoms with Crippen molar-refractivity contribution >= 4 is 0 Å². The second-order valence-electron chi connectivity index (χ2n) is 4.27. The van der Waals surface area contributed by atoms with E-state index in [4.69, 9.17) is 5.26 Å². The molecule has 0 radical (unpaired) electrons. The molecule has 16 heavy (non-hydrogen) atoms. The van der Waals surface area contributed by atoms with Gasteiger partial charge >= 0.3 is 6.18 Å². The van der Waals surface area contributed by atoms with Crippen LogP contribution in [0.4, 0.5) is 13.2 Å². The molecule has 1 saturated heterocycles. The van der Waals surface area contributed by atoms with Gasteiger partial charge in [0, 0.05) is 13.1 Å². The number of rotatable bonds is 3. The van der Waals surface area contributed by atoms with Gasteiger partial charge in [-0.25, -0.2) is 0 Å². The van der Waals surface area contributed by atoms with E-state index < -0.39 is 18.2 Å². The van der Waals surface area contributed by atoms with Crippen LogP contribution in [0.1, 0.15) is 13.3 Å². The number of nitrogens with zero attached hydrogens (tertiary/aromatic N) is 2. The normalized spacial score (nSPS) is 26.4. The van der Waals surface area contributed by atoms with Gasteiger partial charge < -0.3 is 10.0 Å². The Morgan fingerprint density at radius 3 is 2.56 bits per heavy atom. The van der Waals surface area contributed by atoms with Crippen LogP contribution >= 0.6 is 0 Å². The fraction of sp³-hybridized carbons (Fsp3) is 0.900. The number of halogens is 3. The summed E-state index contributed by atoms with van der Waals surface area (Å²) < 4.78 is 37.0. The Morgan fingerprint density at radius 1 is 1.56 bits per heavy atom. The summed E-state index contributed by atoms with van der Waals surface area (Å²) in [5, 5.41) is 17.8. The molecule has 0 saturated carbocycles. The maximum Gasteiger partial charge on any atom is 0.405 e. The van der Waals surface area contributed by atoms with E-state index >= 15 is 0 Å². The van der Waals surface area contributed by atoms with E-state index in [-0.39, 0.29) is 12.5 Å². The van der Waals surface area contributed by atoms with Crippen molar-refractivity contribution in [1.29, 1.82) is 5.26 Å². The highest BCUT2D eigenvalue weighted by Crippen LogP contribution is 2.28. The van der Waals surface area contributed by atoms with Crippen molar-refractivity contribution in [2.75, 3.05) is 19.6 Å². The van der Waals surface area contributed by atoms with Crippen molar-refractivity contribution in [3.63, 3.8) is 0 Å². The molecule has 0 aliphatic carbocycles. The number of nitriles is 1. The number of aliphatic hydroxyl groups is 1. The van der Waals surface area contributed by atoms with Gasteiger partial charge in [-0.2, -0.15) is 18.4 Å². The lowest BCUT2D eigenvalue weighted by Crippen LogP contribution is -2.35. The average molecular weight is 236 g/mol. The Hall–Kier alpha value is -0.800. The third-order valence-electron chi connectivity index (χ3n) is 2.98. The Balaban J connectivity index is 2.48. The van der Waals surface area contributed by atoms with Gasteiger partial charge in [-0.1, -0.05) is 0 Å². The number of hydrogen-bond donors (Lipinski definition) is 1. The van der Waals surface area contributed by atoms with Gasteiger partial charge in [0.05, 0.1) is 12.2 Å². The van der Waals surface area contributed by atoms with Crippen molar-refractivity contribution < 1.29 is 18.3 Å². The first-order chi connectivity index (χ1) is 7.34. The molecule has 1 N–H and O–H groups in total. The van der Waals surface area contributed by atoms with E-state index in [0.29, 0.717) is 19.5 Å². The Labute approximate surface area is 92.5 Å². The number of hydrogen-bond acceptors (Lipinski definition) is 3. The van der Waals surface area contributed by atoms with E-state index in [0.717, 1.165) is 0 Å². The minimum atomic E-state index is -4.46.